The van der Waals surface area contributed by atoms with Crippen molar-refractivity contribution in [2.75, 3.05) is 11.4 Å². The number of rotatable bonds is 9. The fourth-order valence-corrected chi connectivity index (χ4v) is 4.52. The molecule has 0 radical (unpaired) electrons. The summed E-state index contributed by atoms with van der Waals surface area (Å²) in [6.07, 6.45) is 3.13. The molecule has 186 valence electrons. The Kier molecular flexibility index (Phi) is 6.77. The van der Waals surface area contributed by atoms with E-state index < -0.39 is 40.5 Å². The van der Waals surface area contributed by atoms with Crippen LogP contribution in [0.15, 0.2) is 65.1 Å². The van der Waals surface area contributed by atoms with Gasteiger partial charge < -0.3 is 33.7 Å². The highest BCUT2D eigenvalue weighted by Crippen LogP contribution is 2.26. The van der Waals surface area contributed by atoms with Gasteiger partial charge >= 0.3 is 5.89 Å². The molecule has 4 rings (SSSR count). The van der Waals surface area contributed by atoms with E-state index in [-0.39, 0.29) is 5.89 Å². The van der Waals surface area contributed by atoms with E-state index in [9.17, 15) is 32.8 Å². The Morgan fingerprint density at radius 3 is 2.36 bits per heavy atom. The molecule has 0 aliphatic heterocycles. The van der Waals surface area contributed by atoms with Gasteiger partial charge in [-0.05, 0) is 48.2 Å². The molecular formula is C25H20N2O8S-2. The smallest absolute Gasteiger partial charge is 0.375 e. The normalized spacial score (nSPS) is 12.8. The molecule has 0 fully saturated rings. The van der Waals surface area contributed by atoms with E-state index in [0.717, 1.165) is 15.7 Å². The first kappa shape index (κ1) is 24.9. The van der Waals surface area contributed by atoms with E-state index >= 15 is 0 Å². The zero-order valence-electron chi connectivity index (χ0n) is 19.0. The Hall–Kier alpha value is -4.22. The van der Waals surface area contributed by atoms with E-state index in [1.165, 1.54) is 29.7 Å². The highest BCUT2D eigenvalue weighted by molar-refractivity contribution is 7.84. The summed E-state index contributed by atoms with van der Waals surface area (Å²) in [4.78, 5) is 23.4. The van der Waals surface area contributed by atoms with Crippen molar-refractivity contribution in [3.63, 3.8) is 0 Å². The van der Waals surface area contributed by atoms with Gasteiger partial charge in [0.1, 0.15) is 0 Å². The van der Waals surface area contributed by atoms with E-state index in [0.29, 0.717) is 22.4 Å². The van der Waals surface area contributed by atoms with Crippen molar-refractivity contribution >= 4 is 61.8 Å². The van der Waals surface area contributed by atoms with Gasteiger partial charge in [0, 0.05) is 5.69 Å². The molecule has 3 aromatic carbocycles. The third-order valence-electron chi connectivity index (χ3n) is 5.65. The van der Waals surface area contributed by atoms with E-state index in [2.05, 4.69) is 0 Å². The Morgan fingerprint density at radius 1 is 1.03 bits per heavy atom. The first-order chi connectivity index (χ1) is 17.0. The molecule has 0 bridgehead atoms. The first-order valence-electron chi connectivity index (χ1n) is 10.8. The number of hydrogen-bond donors (Lipinski definition) is 0. The number of oxazole rings is 1. The highest BCUT2D eigenvalue weighted by Gasteiger charge is 2.25. The quantitative estimate of drug-likeness (QED) is 0.228. The zero-order valence-corrected chi connectivity index (χ0v) is 19.8. The predicted octanol–water partition coefficient (Wildman–Crippen LogP) is 0.241. The van der Waals surface area contributed by atoms with Crippen molar-refractivity contribution in [1.82, 2.24) is 0 Å². The van der Waals surface area contributed by atoms with Crippen molar-refractivity contribution in [3.05, 3.63) is 72.1 Å². The summed E-state index contributed by atoms with van der Waals surface area (Å²) < 4.78 is 42.1. The number of fused-ring (bicyclic) bond motifs is 3. The van der Waals surface area contributed by atoms with Crippen LogP contribution in [0.1, 0.15) is 18.4 Å². The Bertz CT molecular complexity index is 1590. The average molecular weight is 509 g/mol. The fraction of sp³-hybridized carbons (Fsp3) is 0.160. The zero-order chi connectivity index (χ0) is 26.0. The first-order valence-corrected chi connectivity index (χ1v) is 12.3. The van der Waals surface area contributed by atoms with Crippen LogP contribution in [0.25, 0.3) is 34.0 Å². The van der Waals surface area contributed by atoms with E-state index in [1.54, 1.807) is 36.4 Å². The van der Waals surface area contributed by atoms with Crippen molar-refractivity contribution in [3.8, 4) is 0 Å². The van der Waals surface area contributed by atoms with Crippen LogP contribution in [-0.4, -0.2) is 37.5 Å². The third kappa shape index (κ3) is 5.37. The van der Waals surface area contributed by atoms with Crippen LogP contribution >= 0.6 is 0 Å². The van der Waals surface area contributed by atoms with Crippen LogP contribution in [-0.2, 0) is 25.6 Å². The number of carboxylic acid groups (broad SMARTS) is 2. The maximum Gasteiger partial charge on any atom is 0.375 e. The Balaban J connectivity index is 1.72. The van der Waals surface area contributed by atoms with Crippen LogP contribution < -0.4 is 19.7 Å². The molecule has 0 saturated heterocycles. The van der Waals surface area contributed by atoms with E-state index in [1.807, 2.05) is 18.2 Å². The molecule has 1 atom stereocenters. The Labute approximate surface area is 206 Å². The summed E-state index contributed by atoms with van der Waals surface area (Å²) in [5.41, 5.74) is 1.82. The van der Waals surface area contributed by atoms with Gasteiger partial charge in [-0.2, -0.15) is 0 Å². The molecule has 0 amide bonds. The minimum Gasteiger partial charge on any atom is -0.743 e. The van der Waals surface area contributed by atoms with E-state index in [4.69, 9.17) is 4.42 Å². The molecule has 1 aromatic heterocycles. The van der Waals surface area contributed by atoms with Gasteiger partial charge in [0.05, 0.1) is 36.0 Å². The van der Waals surface area contributed by atoms with Crippen LogP contribution in [0.5, 0.6) is 0 Å². The summed E-state index contributed by atoms with van der Waals surface area (Å²) in [5.74, 6) is -3.57. The lowest BCUT2D eigenvalue weighted by molar-refractivity contribution is -0.657. The minimum atomic E-state index is -4.65. The monoisotopic (exact) mass is 508 g/mol. The molecule has 4 aromatic rings. The SMILES string of the molecule is CC(C(=O)[O-])N(CC(=O)[O-])c1ccc(/C=C/c2oc3ccc4ccccc4c3[n+]2CS(=O)(=O)[O-])cc1. The molecule has 1 heterocycles. The third-order valence-corrected chi connectivity index (χ3v) is 6.23. The van der Waals surface area contributed by atoms with Crippen molar-refractivity contribution in [2.24, 2.45) is 0 Å². The number of hydrogen-bond acceptors (Lipinski definition) is 9. The summed E-state index contributed by atoms with van der Waals surface area (Å²) >= 11 is 0. The number of carbonyl (C=O) groups excluding carboxylic acids is 2. The molecule has 11 heteroatoms. The second-order valence-corrected chi connectivity index (χ2v) is 9.48. The number of carboxylic acids is 2. The molecule has 36 heavy (non-hydrogen) atoms. The van der Waals surface area contributed by atoms with Crippen molar-refractivity contribution < 1.29 is 41.8 Å². The van der Waals surface area contributed by atoms with Crippen LogP contribution in [0, 0.1) is 0 Å². The summed E-state index contributed by atoms with van der Waals surface area (Å²) in [7, 11) is -4.65. The minimum absolute atomic E-state index is 0.133. The number of nitrogens with zero attached hydrogens (tertiary/aromatic N) is 2. The second-order valence-electron chi connectivity index (χ2n) is 8.11. The van der Waals surface area contributed by atoms with Gasteiger partial charge in [-0.1, -0.05) is 36.4 Å². The fourth-order valence-electron chi connectivity index (χ4n) is 3.95. The molecule has 1 unspecified atom stereocenters. The summed E-state index contributed by atoms with van der Waals surface area (Å²) in [5, 5.41) is 23.9. The molecule has 0 aliphatic carbocycles. The van der Waals surface area contributed by atoms with Crippen LogP contribution in [0.4, 0.5) is 5.69 Å². The molecule has 0 spiro atoms. The van der Waals surface area contributed by atoms with Crippen LogP contribution in [0.3, 0.4) is 0 Å². The highest BCUT2D eigenvalue weighted by atomic mass is 32.2. The molecule has 10 nitrogen and oxygen atoms in total. The van der Waals surface area contributed by atoms with Crippen LogP contribution in [0.2, 0.25) is 0 Å². The number of carbonyl (C=O) groups is 2. The van der Waals surface area contributed by atoms with Gasteiger partial charge in [-0.25, -0.2) is 8.42 Å². The molecular weight excluding hydrogens is 488 g/mol. The topological polar surface area (TPSA) is 158 Å². The standard InChI is InChI=1S/C25H22N2O8S/c1-16(25(30)31)26(14-23(28)29)19-10-6-17(7-11-19)8-13-22-27(15-36(32,33)34)24-20-5-3-2-4-18(20)9-12-21(24)35-22/h2-13,16H,14-15H2,1H3,(H2-,28,29,30,31,32,33,34)/p-2. The van der Waals surface area contributed by atoms with Crippen molar-refractivity contribution in [2.45, 2.75) is 18.8 Å². The maximum atomic E-state index is 11.6. The van der Waals surface area contributed by atoms with Gasteiger partial charge in [-0.3, -0.25) is 0 Å². The predicted molar refractivity (Wildman–Crippen MR) is 126 cm³/mol. The number of anilines is 1. The lowest BCUT2D eigenvalue weighted by Gasteiger charge is -2.32. The average Bonchev–Trinajstić information content (AvgIpc) is 3.17. The largest absolute Gasteiger partial charge is 0.743 e. The summed E-state index contributed by atoms with van der Waals surface area (Å²) in [6, 6.07) is 15.9. The lowest BCUT2D eigenvalue weighted by Crippen LogP contribution is -2.50. The number of benzene rings is 3. The van der Waals surface area contributed by atoms with Gasteiger partial charge in [0.15, 0.2) is 10.1 Å². The van der Waals surface area contributed by atoms with Crippen molar-refractivity contribution in [1.29, 1.82) is 0 Å². The number of aliphatic carboxylic acids is 2. The molecule has 0 N–H and O–H groups in total. The lowest BCUT2D eigenvalue weighted by atomic mass is 10.1. The van der Waals surface area contributed by atoms with Gasteiger partial charge in [0.2, 0.25) is 11.5 Å². The Morgan fingerprint density at radius 2 is 1.72 bits per heavy atom. The second kappa shape index (κ2) is 9.80. The number of aromatic nitrogens is 1. The van der Waals surface area contributed by atoms with Gasteiger partial charge in [0.25, 0.3) is 5.52 Å². The molecule has 0 aliphatic rings. The maximum absolute atomic E-state index is 11.6. The van der Waals surface area contributed by atoms with Gasteiger partial charge in [-0.15, -0.1) is 4.57 Å². The molecule has 0 saturated carbocycles. The summed E-state index contributed by atoms with van der Waals surface area (Å²) in [6.45, 7) is 0.668.